The first-order chi connectivity index (χ1) is 7.54. The van der Waals surface area contributed by atoms with Gasteiger partial charge < -0.3 is 10.6 Å². The Hall–Kier alpha value is -1.09. The van der Waals surface area contributed by atoms with Gasteiger partial charge in [0.2, 0.25) is 0 Å². The Kier molecular flexibility index (Phi) is 2.89. The van der Waals surface area contributed by atoms with Crippen molar-refractivity contribution in [3.05, 3.63) is 30.1 Å². The lowest BCUT2D eigenvalue weighted by Crippen LogP contribution is -2.38. The van der Waals surface area contributed by atoms with Gasteiger partial charge in [-0.25, -0.2) is 4.39 Å². The van der Waals surface area contributed by atoms with E-state index in [0.29, 0.717) is 18.2 Å². The van der Waals surface area contributed by atoms with E-state index in [1.165, 1.54) is 6.07 Å². The fraction of sp³-hybridized carbons (Fsp3) is 0.538. The number of halogens is 1. The second-order valence-electron chi connectivity index (χ2n) is 5.18. The fourth-order valence-electron chi connectivity index (χ4n) is 2.64. The summed E-state index contributed by atoms with van der Waals surface area (Å²) in [4.78, 5) is 2.14. The Balaban J connectivity index is 2.31. The van der Waals surface area contributed by atoms with Crippen molar-refractivity contribution in [3.8, 4) is 0 Å². The molecular formula is C13H19FN2. The molecule has 1 atom stereocenters. The van der Waals surface area contributed by atoms with Gasteiger partial charge in [0.25, 0.3) is 0 Å². The van der Waals surface area contributed by atoms with Crippen molar-refractivity contribution < 1.29 is 4.39 Å². The van der Waals surface area contributed by atoms with Crippen LogP contribution in [0, 0.1) is 11.7 Å². The van der Waals surface area contributed by atoms with Gasteiger partial charge in [0.1, 0.15) is 5.82 Å². The van der Waals surface area contributed by atoms with Crippen LogP contribution >= 0.6 is 0 Å². The van der Waals surface area contributed by atoms with Crippen LogP contribution in [-0.2, 0) is 0 Å². The highest BCUT2D eigenvalue weighted by atomic mass is 19.1. The predicted molar refractivity (Wildman–Crippen MR) is 65.0 cm³/mol. The molecule has 0 bridgehead atoms. The normalized spacial score (nSPS) is 23.8. The summed E-state index contributed by atoms with van der Waals surface area (Å²) >= 11 is 0. The van der Waals surface area contributed by atoms with Crippen molar-refractivity contribution in [1.29, 1.82) is 0 Å². The Bertz CT molecular complexity index is 376. The number of hydrogen-bond acceptors (Lipinski definition) is 2. The van der Waals surface area contributed by atoms with Crippen LogP contribution in [0.5, 0.6) is 0 Å². The number of anilines is 1. The van der Waals surface area contributed by atoms with Gasteiger partial charge in [0.05, 0.1) is 5.69 Å². The lowest BCUT2D eigenvalue weighted by Gasteiger charge is -2.33. The third-order valence-electron chi connectivity index (χ3n) is 3.44. The zero-order chi connectivity index (χ0) is 11.8. The topological polar surface area (TPSA) is 29.3 Å². The Morgan fingerprint density at radius 1 is 1.44 bits per heavy atom. The zero-order valence-electron chi connectivity index (χ0n) is 9.91. The molecule has 0 saturated carbocycles. The van der Waals surface area contributed by atoms with Gasteiger partial charge in [0, 0.05) is 12.1 Å². The van der Waals surface area contributed by atoms with E-state index in [9.17, 15) is 4.39 Å². The third-order valence-corrected chi connectivity index (χ3v) is 3.44. The number of para-hydroxylation sites is 1. The van der Waals surface area contributed by atoms with E-state index in [1.54, 1.807) is 6.07 Å². The Morgan fingerprint density at radius 3 is 2.69 bits per heavy atom. The second kappa shape index (κ2) is 4.06. The summed E-state index contributed by atoms with van der Waals surface area (Å²) < 4.78 is 13.7. The molecule has 0 aromatic heterocycles. The molecule has 1 fully saturated rings. The van der Waals surface area contributed by atoms with Crippen LogP contribution in [0.1, 0.15) is 20.3 Å². The van der Waals surface area contributed by atoms with Gasteiger partial charge in [-0.2, -0.15) is 0 Å². The molecule has 16 heavy (non-hydrogen) atoms. The molecule has 2 N–H and O–H groups in total. The molecule has 1 heterocycles. The van der Waals surface area contributed by atoms with Crippen molar-refractivity contribution in [3.63, 3.8) is 0 Å². The maximum absolute atomic E-state index is 13.7. The van der Waals surface area contributed by atoms with Crippen molar-refractivity contribution >= 4 is 5.69 Å². The molecule has 1 aliphatic rings. The molecule has 3 heteroatoms. The molecule has 0 amide bonds. The first-order valence-corrected chi connectivity index (χ1v) is 5.77. The summed E-state index contributed by atoms with van der Waals surface area (Å²) in [6.07, 6.45) is 1.03. The highest BCUT2D eigenvalue weighted by Gasteiger charge is 2.38. The molecule has 2 rings (SSSR count). The third kappa shape index (κ3) is 1.92. The highest BCUT2D eigenvalue weighted by molar-refractivity contribution is 5.51. The number of hydrogen-bond donors (Lipinski definition) is 1. The minimum absolute atomic E-state index is 0.00771. The van der Waals surface area contributed by atoms with Gasteiger partial charge >= 0.3 is 0 Å². The molecule has 1 aromatic carbocycles. The van der Waals surface area contributed by atoms with Gasteiger partial charge in [-0.15, -0.1) is 0 Å². The summed E-state index contributed by atoms with van der Waals surface area (Å²) in [6.45, 7) is 5.82. The minimum atomic E-state index is -0.145. The molecule has 88 valence electrons. The van der Waals surface area contributed by atoms with Gasteiger partial charge in [0.15, 0.2) is 0 Å². The van der Waals surface area contributed by atoms with E-state index in [0.717, 1.165) is 13.0 Å². The fourth-order valence-corrected chi connectivity index (χ4v) is 2.64. The molecule has 1 unspecified atom stereocenters. The maximum atomic E-state index is 13.7. The molecule has 0 spiro atoms. The van der Waals surface area contributed by atoms with Crippen molar-refractivity contribution in [2.24, 2.45) is 11.7 Å². The lowest BCUT2D eigenvalue weighted by molar-refractivity contribution is 0.472. The van der Waals surface area contributed by atoms with Gasteiger partial charge in [-0.1, -0.05) is 12.1 Å². The van der Waals surface area contributed by atoms with E-state index in [2.05, 4.69) is 18.7 Å². The molecule has 0 radical (unpaired) electrons. The summed E-state index contributed by atoms with van der Waals surface area (Å²) in [5.41, 5.74) is 6.40. The SMILES string of the molecule is CC1(C)CC(CN)CN1c1ccccc1F. The average molecular weight is 222 g/mol. The van der Waals surface area contributed by atoms with Gasteiger partial charge in [-0.3, -0.25) is 0 Å². The quantitative estimate of drug-likeness (QED) is 0.832. The predicted octanol–water partition coefficient (Wildman–Crippen LogP) is 2.39. The molecule has 2 nitrogen and oxygen atoms in total. The minimum Gasteiger partial charge on any atom is -0.364 e. The highest BCUT2D eigenvalue weighted by Crippen LogP contribution is 2.37. The van der Waals surface area contributed by atoms with Crippen LogP contribution in [0.25, 0.3) is 0 Å². The Labute approximate surface area is 96.2 Å². The first kappa shape index (κ1) is 11.4. The molecule has 1 saturated heterocycles. The average Bonchev–Trinajstić information content (AvgIpc) is 2.54. The van der Waals surface area contributed by atoms with Crippen LogP contribution < -0.4 is 10.6 Å². The number of nitrogens with zero attached hydrogens (tertiary/aromatic N) is 1. The zero-order valence-corrected chi connectivity index (χ0v) is 9.91. The summed E-state index contributed by atoms with van der Waals surface area (Å²) in [7, 11) is 0. The van der Waals surface area contributed by atoms with Crippen LogP contribution in [-0.4, -0.2) is 18.6 Å². The largest absolute Gasteiger partial charge is 0.364 e. The second-order valence-corrected chi connectivity index (χ2v) is 5.18. The van der Waals surface area contributed by atoms with Crippen LogP contribution in [0.15, 0.2) is 24.3 Å². The summed E-state index contributed by atoms with van der Waals surface area (Å²) in [5, 5.41) is 0. The summed E-state index contributed by atoms with van der Waals surface area (Å²) in [6, 6.07) is 6.96. The van der Waals surface area contributed by atoms with Crippen molar-refractivity contribution in [2.45, 2.75) is 25.8 Å². The molecule has 0 aliphatic carbocycles. The van der Waals surface area contributed by atoms with E-state index in [-0.39, 0.29) is 11.4 Å². The smallest absolute Gasteiger partial charge is 0.146 e. The molecule has 1 aromatic rings. The first-order valence-electron chi connectivity index (χ1n) is 5.77. The molecule has 1 aliphatic heterocycles. The monoisotopic (exact) mass is 222 g/mol. The maximum Gasteiger partial charge on any atom is 0.146 e. The van der Waals surface area contributed by atoms with E-state index in [4.69, 9.17) is 5.73 Å². The van der Waals surface area contributed by atoms with Crippen molar-refractivity contribution in [2.75, 3.05) is 18.0 Å². The number of nitrogens with two attached hydrogens (primary N) is 1. The number of rotatable bonds is 2. The van der Waals surface area contributed by atoms with E-state index >= 15 is 0 Å². The van der Waals surface area contributed by atoms with Gasteiger partial charge in [-0.05, 0) is 44.9 Å². The van der Waals surface area contributed by atoms with Crippen LogP contribution in [0.3, 0.4) is 0 Å². The van der Waals surface area contributed by atoms with E-state index < -0.39 is 0 Å². The standard InChI is InChI=1S/C13H19FN2/c1-13(2)7-10(8-15)9-16(13)12-6-4-3-5-11(12)14/h3-6,10H,7-9,15H2,1-2H3. The summed E-state index contributed by atoms with van der Waals surface area (Å²) in [5.74, 6) is 0.322. The van der Waals surface area contributed by atoms with Crippen molar-refractivity contribution in [1.82, 2.24) is 0 Å². The lowest BCUT2D eigenvalue weighted by atomic mass is 9.96. The van der Waals surface area contributed by atoms with Crippen LogP contribution in [0.2, 0.25) is 0 Å². The Morgan fingerprint density at radius 2 is 2.12 bits per heavy atom. The molecular weight excluding hydrogens is 203 g/mol. The van der Waals surface area contributed by atoms with E-state index in [1.807, 2.05) is 12.1 Å². The number of benzene rings is 1. The van der Waals surface area contributed by atoms with Crippen LogP contribution in [0.4, 0.5) is 10.1 Å².